The van der Waals surface area contributed by atoms with Crippen LogP contribution in [0.1, 0.15) is 15.9 Å². The van der Waals surface area contributed by atoms with E-state index in [9.17, 15) is 4.79 Å². The van der Waals surface area contributed by atoms with Crippen LogP contribution in [-0.4, -0.2) is 10.9 Å². The summed E-state index contributed by atoms with van der Waals surface area (Å²) in [5.41, 5.74) is 6.80. The molecule has 0 aliphatic heterocycles. The maximum Gasteiger partial charge on any atom is 0.257 e. The van der Waals surface area contributed by atoms with Crippen LogP contribution in [0.2, 0.25) is 15.1 Å². The summed E-state index contributed by atoms with van der Waals surface area (Å²) in [5, 5.41) is 3.72. The van der Waals surface area contributed by atoms with Crippen LogP contribution in [0.25, 0.3) is 0 Å². The van der Waals surface area contributed by atoms with Gasteiger partial charge in [0.25, 0.3) is 5.91 Å². The largest absolute Gasteiger partial charge is 0.389 e. The summed E-state index contributed by atoms with van der Waals surface area (Å²) in [4.78, 5) is 12.5. The van der Waals surface area contributed by atoms with E-state index in [1.54, 1.807) is 30.3 Å². The van der Waals surface area contributed by atoms with Gasteiger partial charge in [-0.1, -0.05) is 53.1 Å². The lowest BCUT2D eigenvalue weighted by Gasteiger charge is -2.10. The number of nitrogens with one attached hydrogen (secondary N) is 1. The van der Waals surface area contributed by atoms with E-state index in [4.69, 9.17) is 52.8 Å². The summed E-state index contributed by atoms with van der Waals surface area (Å²) in [6.07, 6.45) is 0. The number of thiocarbonyl (C=S) groups is 1. The minimum Gasteiger partial charge on any atom is -0.389 e. The van der Waals surface area contributed by atoms with Crippen molar-refractivity contribution in [1.29, 1.82) is 0 Å². The Hall–Kier alpha value is -1.33. The number of hydrogen-bond donors (Lipinski definition) is 2. The van der Waals surface area contributed by atoms with E-state index in [2.05, 4.69) is 5.32 Å². The molecule has 0 aromatic heterocycles. The normalized spacial score (nSPS) is 10.2. The number of carbonyl (C=O) groups is 1. The molecule has 21 heavy (non-hydrogen) atoms. The van der Waals surface area contributed by atoms with Gasteiger partial charge in [0.05, 0.1) is 21.3 Å². The number of nitrogens with two attached hydrogens (primary N) is 1. The summed E-state index contributed by atoms with van der Waals surface area (Å²) in [5.74, 6) is -0.426. The molecule has 0 fully saturated rings. The van der Waals surface area contributed by atoms with Gasteiger partial charge in [0.1, 0.15) is 4.99 Å². The zero-order valence-electron chi connectivity index (χ0n) is 10.5. The van der Waals surface area contributed by atoms with Gasteiger partial charge < -0.3 is 11.1 Å². The highest BCUT2D eigenvalue weighted by Gasteiger charge is 2.13. The average molecular weight is 360 g/mol. The highest BCUT2D eigenvalue weighted by molar-refractivity contribution is 7.80. The molecule has 3 nitrogen and oxygen atoms in total. The van der Waals surface area contributed by atoms with Crippen LogP contribution in [0.5, 0.6) is 0 Å². The molecule has 0 aliphatic rings. The van der Waals surface area contributed by atoms with Gasteiger partial charge in [-0.25, -0.2) is 0 Å². The van der Waals surface area contributed by atoms with E-state index in [0.29, 0.717) is 26.3 Å². The Bertz CT molecular complexity index is 734. The monoisotopic (exact) mass is 358 g/mol. The highest BCUT2D eigenvalue weighted by atomic mass is 35.5. The fraction of sp³-hybridized carbons (Fsp3) is 0. The summed E-state index contributed by atoms with van der Waals surface area (Å²) in [6.45, 7) is 0. The first-order chi connectivity index (χ1) is 9.88. The van der Waals surface area contributed by atoms with Crippen molar-refractivity contribution in [2.24, 2.45) is 5.73 Å². The van der Waals surface area contributed by atoms with E-state index in [0.717, 1.165) is 0 Å². The SMILES string of the molecule is NC(=S)c1ccc(Cl)c(NC(=O)c2cc(Cl)ccc2Cl)c1. The molecule has 2 rings (SSSR count). The fourth-order valence-electron chi connectivity index (χ4n) is 1.64. The topological polar surface area (TPSA) is 55.1 Å². The standard InChI is InChI=1S/C14H9Cl3N2OS/c15-8-2-4-10(16)9(6-8)14(20)19-12-5-7(13(18)21)1-3-11(12)17/h1-6H,(H2,18,21)(H,19,20). The lowest BCUT2D eigenvalue weighted by Crippen LogP contribution is -2.14. The molecule has 0 aliphatic carbocycles. The third-order valence-corrected chi connectivity index (χ3v) is 3.80. The zero-order valence-corrected chi connectivity index (χ0v) is 13.6. The van der Waals surface area contributed by atoms with Gasteiger partial charge in [0.15, 0.2) is 0 Å². The summed E-state index contributed by atoms with van der Waals surface area (Å²) in [6, 6.07) is 9.50. The van der Waals surface area contributed by atoms with E-state index in [1.165, 1.54) is 6.07 Å². The first-order valence-corrected chi connectivity index (χ1v) is 7.28. The van der Waals surface area contributed by atoms with E-state index in [-0.39, 0.29) is 10.6 Å². The molecule has 0 spiro atoms. The van der Waals surface area contributed by atoms with Gasteiger partial charge in [-0.05, 0) is 30.3 Å². The van der Waals surface area contributed by atoms with Gasteiger partial charge in [0.2, 0.25) is 0 Å². The van der Waals surface area contributed by atoms with Gasteiger partial charge in [-0.2, -0.15) is 0 Å². The van der Waals surface area contributed by atoms with Gasteiger partial charge in [-0.3, -0.25) is 4.79 Å². The van der Waals surface area contributed by atoms with Crippen LogP contribution >= 0.6 is 47.0 Å². The molecular weight excluding hydrogens is 351 g/mol. The molecule has 0 bridgehead atoms. The first-order valence-electron chi connectivity index (χ1n) is 5.74. The molecule has 108 valence electrons. The van der Waals surface area contributed by atoms with Crippen molar-refractivity contribution in [3.63, 3.8) is 0 Å². The molecule has 0 saturated carbocycles. The number of hydrogen-bond acceptors (Lipinski definition) is 2. The lowest BCUT2D eigenvalue weighted by molar-refractivity contribution is 0.102. The molecule has 0 saturated heterocycles. The smallest absolute Gasteiger partial charge is 0.257 e. The van der Waals surface area contributed by atoms with Gasteiger partial charge >= 0.3 is 0 Å². The Morgan fingerprint density at radius 3 is 2.38 bits per heavy atom. The minimum atomic E-state index is -0.426. The van der Waals surface area contributed by atoms with E-state index < -0.39 is 5.91 Å². The van der Waals surface area contributed by atoms with Crippen LogP contribution in [0.15, 0.2) is 36.4 Å². The van der Waals surface area contributed by atoms with Crippen molar-refractivity contribution in [2.75, 3.05) is 5.32 Å². The zero-order chi connectivity index (χ0) is 15.6. The maximum atomic E-state index is 12.2. The molecule has 1 amide bonds. The Morgan fingerprint density at radius 1 is 1.05 bits per heavy atom. The Morgan fingerprint density at radius 2 is 1.71 bits per heavy atom. The maximum absolute atomic E-state index is 12.2. The number of amides is 1. The molecule has 0 unspecified atom stereocenters. The van der Waals surface area contributed by atoms with Crippen molar-refractivity contribution in [1.82, 2.24) is 0 Å². The predicted octanol–water partition coefficient (Wildman–Crippen LogP) is 4.53. The number of benzene rings is 2. The minimum absolute atomic E-state index is 0.211. The van der Waals surface area contributed by atoms with Gasteiger partial charge in [-0.15, -0.1) is 0 Å². The van der Waals surface area contributed by atoms with E-state index >= 15 is 0 Å². The molecular formula is C14H9Cl3N2OS. The second kappa shape index (κ2) is 6.62. The molecule has 7 heteroatoms. The third kappa shape index (κ3) is 3.86. The van der Waals surface area contributed by atoms with Crippen molar-refractivity contribution < 1.29 is 4.79 Å². The Balaban J connectivity index is 2.33. The van der Waals surface area contributed by atoms with Crippen molar-refractivity contribution >= 4 is 63.6 Å². The Labute approximate surface area is 142 Å². The third-order valence-electron chi connectivity index (χ3n) is 2.67. The van der Waals surface area contributed by atoms with Crippen LogP contribution < -0.4 is 11.1 Å². The second-order valence-electron chi connectivity index (χ2n) is 4.14. The van der Waals surface area contributed by atoms with Crippen LogP contribution in [0.4, 0.5) is 5.69 Å². The number of rotatable bonds is 3. The van der Waals surface area contributed by atoms with Crippen LogP contribution in [-0.2, 0) is 0 Å². The number of anilines is 1. The Kier molecular flexibility index (Phi) is 5.06. The van der Waals surface area contributed by atoms with Crippen LogP contribution in [0.3, 0.4) is 0 Å². The summed E-state index contributed by atoms with van der Waals surface area (Å²) >= 11 is 22.8. The molecule has 2 aromatic carbocycles. The van der Waals surface area contributed by atoms with Gasteiger partial charge in [0, 0.05) is 10.6 Å². The molecule has 0 heterocycles. The first kappa shape index (κ1) is 16.0. The van der Waals surface area contributed by atoms with Crippen molar-refractivity contribution in [2.45, 2.75) is 0 Å². The molecule has 3 N–H and O–H groups in total. The quantitative estimate of drug-likeness (QED) is 0.791. The molecule has 0 radical (unpaired) electrons. The van der Waals surface area contributed by atoms with E-state index in [1.807, 2.05) is 0 Å². The average Bonchev–Trinajstić information content (AvgIpc) is 2.43. The predicted molar refractivity (Wildman–Crippen MR) is 91.8 cm³/mol. The lowest BCUT2D eigenvalue weighted by atomic mass is 10.1. The van der Waals surface area contributed by atoms with Crippen LogP contribution in [0, 0.1) is 0 Å². The summed E-state index contributed by atoms with van der Waals surface area (Å²) in [7, 11) is 0. The second-order valence-corrected chi connectivity index (χ2v) is 5.83. The number of halogens is 3. The molecule has 0 atom stereocenters. The molecule has 2 aromatic rings. The highest BCUT2D eigenvalue weighted by Crippen LogP contribution is 2.26. The van der Waals surface area contributed by atoms with Crippen molar-refractivity contribution in [3.05, 3.63) is 62.6 Å². The summed E-state index contributed by atoms with van der Waals surface area (Å²) < 4.78 is 0. The fourth-order valence-corrected chi connectivity index (χ4v) is 2.30. The number of carbonyl (C=O) groups excluding carboxylic acids is 1. The van der Waals surface area contributed by atoms with Crippen molar-refractivity contribution in [3.8, 4) is 0 Å².